The van der Waals surface area contributed by atoms with Crippen molar-refractivity contribution in [2.45, 2.75) is 6.18 Å². The number of anilines is 2. The molecule has 0 bridgehead atoms. The smallest absolute Gasteiger partial charge is 0.321 e. The molecule has 0 aliphatic carbocycles. The number of amides is 1. The van der Waals surface area contributed by atoms with E-state index >= 15 is 0 Å². The monoisotopic (exact) mass is 418 g/mol. The van der Waals surface area contributed by atoms with Gasteiger partial charge in [0.15, 0.2) is 0 Å². The normalized spacial score (nSPS) is 12.2. The molecule has 2 aromatic carbocycles. The van der Waals surface area contributed by atoms with Crippen LogP contribution in [0, 0.1) is 0 Å². The van der Waals surface area contributed by atoms with Crippen molar-refractivity contribution in [3.63, 3.8) is 0 Å². The Kier molecular flexibility index (Phi) is 6.17. The largest absolute Gasteiger partial charge is 0.416 e. The average Bonchev–Trinajstić information content (AvgIpc) is 2.53. The molecule has 2 aromatic rings. The van der Waals surface area contributed by atoms with Gasteiger partial charge >= 0.3 is 6.18 Å². The van der Waals surface area contributed by atoms with Crippen molar-refractivity contribution in [2.75, 3.05) is 16.3 Å². The molecule has 0 saturated heterocycles. The van der Waals surface area contributed by atoms with Crippen molar-refractivity contribution in [2.24, 2.45) is 0 Å². The van der Waals surface area contributed by atoms with E-state index in [-0.39, 0.29) is 11.4 Å². The lowest BCUT2D eigenvalue weighted by atomic mass is 10.1. The maximum absolute atomic E-state index is 12.9. The summed E-state index contributed by atoms with van der Waals surface area (Å²) in [6, 6.07) is 8.82. The summed E-state index contributed by atoms with van der Waals surface area (Å²) in [4.78, 5) is 12.0. The van der Waals surface area contributed by atoms with Gasteiger partial charge in [-0.25, -0.2) is 8.42 Å². The van der Waals surface area contributed by atoms with E-state index < -0.39 is 27.7 Å². The van der Waals surface area contributed by atoms with E-state index in [1.54, 1.807) is 24.3 Å². The number of hydrogen-bond donors (Lipinski definition) is 2. The number of halogens is 4. The van der Waals surface area contributed by atoms with E-state index in [4.69, 9.17) is 11.6 Å². The van der Waals surface area contributed by atoms with Gasteiger partial charge in [-0.2, -0.15) is 13.2 Å². The first-order valence-corrected chi connectivity index (χ1v) is 9.65. The van der Waals surface area contributed by atoms with E-state index in [9.17, 15) is 26.4 Å². The van der Waals surface area contributed by atoms with Crippen molar-refractivity contribution in [3.8, 4) is 0 Å². The minimum Gasteiger partial charge on any atom is -0.321 e. The average molecular weight is 419 g/mol. The van der Waals surface area contributed by atoms with Crippen LogP contribution in [0.15, 0.2) is 48.5 Å². The molecule has 1 amide bonds. The number of sulfonamides is 1. The topological polar surface area (TPSA) is 75.3 Å². The predicted octanol–water partition coefficient (Wildman–Crippen LogP) is 4.38. The molecule has 0 heterocycles. The van der Waals surface area contributed by atoms with Crippen LogP contribution in [0.5, 0.6) is 0 Å². The summed E-state index contributed by atoms with van der Waals surface area (Å²) in [6.45, 7) is 0. The fraction of sp³-hybridized carbons (Fsp3) is 0.118. The zero-order valence-electron chi connectivity index (χ0n) is 13.8. The van der Waals surface area contributed by atoms with Gasteiger partial charge in [-0.15, -0.1) is 0 Å². The molecule has 2 rings (SSSR count). The molecule has 0 aromatic heterocycles. The van der Waals surface area contributed by atoms with Crippen LogP contribution >= 0.6 is 11.6 Å². The van der Waals surface area contributed by atoms with Gasteiger partial charge in [0.25, 0.3) is 0 Å². The Hall–Kier alpha value is -2.52. The molecular formula is C17H14ClF3N2O3S. The van der Waals surface area contributed by atoms with Gasteiger partial charge in [0, 0.05) is 11.1 Å². The van der Waals surface area contributed by atoms with Gasteiger partial charge in [0.05, 0.1) is 23.2 Å². The van der Waals surface area contributed by atoms with Crippen molar-refractivity contribution in [3.05, 3.63) is 64.7 Å². The highest BCUT2D eigenvalue weighted by Gasteiger charge is 2.31. The van der Waals surface area contributed by atoms with Crippen molar-refractivity contribution >= 4 is 45.0 Å². The van der Waals surface area contributed by atoms with E-state index in [0.29, 0.717) is 22.7 Å². The van der Waals surface area contributed by atoms with E-state index in [1.165, 1.54) is 6.08 Å². The molecule has 10 heteroatoms. The lowest BCUT2D eigenvalue weighted by Gasteiger charge is -2.14. The SMILES string of the molecule is CS(=O)(=O)Nc1ccc(C(F)(F)F)cc1NC(=O)C=Cc1ccc(Cl)cc1. The predicted molar refractivity (Wildman–Crippen MR) is 99.0 cm³/mol. The summed E-state index contributed by atoms with van der Waals surface area (Å²) < 4.78 is 63.5. The van der Waals surface area contributed by atoms with Crippen LogP contribution in [-0.4, -0.2) is 20.6 Å². The third-order valence-corrected chi connectivity index (χ3v) is 4.04. The molecule has 0 unspecified atom stereocenters. The summed E-state index contributed by atoms with van der Waals surface area (Å²) in [7, 11) is -3.76. The Bertz CT molecular complexity index is 972. The summed E-state index contributed by atoms with van der Waals surface area (Å²) in [5.74, 6) is -0.735. The highest BCUT2D eigenvalue weighted by Crippen LogP contribution is 2.34. The molecule has 2 N–H and O–H groups in total. The van der Waals surface area contributed by atoms with Crippen molar-refractivity contribution in [1.29, 1.82) is 0 Å². The minimum absolute atomic E-state index is 0.182. The molecule has 0 atom stereocenters. The van der Waals surface area contributed by atoms with Crippen LogP contribution in [0.1, 0.15) is 11.1 Å². The molecule has 0 aliphatic heterocycles. The number of benzene rings is 2. The quantitative estimate of drug-likeness (QED) is 0.707. The maximum Gasteiger partial charge on any atom is 0.416 e. The Labute approximate surface area is 158 Å². The fourth-order valence-corrected chi connectivity index (χ4v) is 2.74. The third kappa shape index (κ3) is 6.61. The van der Waals surface area contributed by atoms with Crippen molar-refractivity contribution < 1.29 is 26.4 Å². The second kappa shape index (κ2) is 8.01. The van der Waals surface area contributed by atoms with E-state index in [2.05, 4.69) is 10.0 Å². The molecule has 27 heavy (non-hydrogen) atoms. The highest BCUT2D eigenvalue weighted by atomic mass is 35.5. The first-order valence-electron chi connectivity index (χ1n) is 7.38. The summed E-state index contributed by atoms with van der Waals surface area (Å²) >= 11 is 5.75. The van der Waals surface area contributed by atoms with Crippen LogP contribution in [0.2, 0.25) is 5.02 Å². The lowest BCUT2D eigenvalue weighted by molar-refractivity contribution is -0.137. The Morgan fingerprint density at radius 3 is 2.26 bits per heavy atom. The first-order chi connectivity index (χ1) is 12.4. The van der Waals surface area contributed by atoms with Gasteiger partial charge in [0.2, 0.25) is 15.9 Å². The zero-order valence-corrected chi connectivity index (χ0v) is 15.4. The Balaban J connectivity index is 2.28. The number of carbonyl (C=O) groups excluding carboxylic acids is 1. The van der Waals surface area contributed by atoms with Gasteiger partial charge in [0.1, 0.15) is 0 Å². The standard InChI is InChI=1S/C17H14ClF3N2O3S/c1-27(25,26)23-14-8-5-12(17(19,20)21)10-15(14)22-16(24)9-4-11-2-6-13(18)7-3-11/h2-10,23H,1H3,(H,22,24). The molecular weight excluding hydrogens is 405 g/mol. The van der Waals surface area contributed by atoms with Gasteiger partial charge in [-0.1, -0.05) is 23.7 Å². The maximum atomic E-state index is 12.9. The van der Waals surface area contributed by atoms with Gasteiger partial charge in [-0.05, 0) is 42.0 Å². The molecule has 144 valence electrons. The molecule has 5 nitrogen and oxygen atoms in total. The molecule has 0 spiro atoms. The molecule has 0 radical (unpaired) electrons. The van der Waals surface area contributed by atoms with Crippen LogP contribution in [-0.2, 0) is 21.0 Å². The lowest BCUT2D eigenvalue weighted by Crippen LogP contribution is -2.16. The molecule has 0 saturated carbocycles. The summed E-state index contributed by atoms with van der Waals surface area (Å²) in [5.41, 5.74) is -0.883. The number of nitrogens with one attached hydrogen (secondary N) is 2. The molecule has 0 aliphatic rings. The number of rotatable bonds is 5. The second-order valence-corrected chi connectivity index (χ2v) is 7.69. The van der Waals surface area contributed by atoms with E-state index in [0.717, 1.165) is 18.4 Å². The Morgan fingerprint density at radius 1 is 1.07 bits per heavy atom. The third-order valence-electron chi connectivity index (χ3n) is 3.20. The van der Waals surface area contributed by atoms with Crippen LogP contribution < -0.4 is 10.0 Å². The van der Waals surface area contributed by atoms with E-state index in [1.807, 2.05) is 0 Å². The first kappa shape index (κ1) is 20.8. The van der Waals surface area contributed by atoms with Gasteiger partial charge < -0.3 is 5.32 Å². The Morgan fingerprint density at radius 2 is 1.70 bits per heavy atom. The highest BCUT2D eigenvalue weighted by molar-refractivity contribution is 7.92. The summed E-state index contributed by atoms with van der Waals surface area (Å²) in [6.07, 6.45) is -1.27. The van der Waals surface area contributed by atoms with Gasteiger partial charge in [-0.3, -0.25) is 9.52 Å². The number of alkyl halides is 3. The second-order valence-electron chi connectivity index (χ2n) is 5.51. The fourth-order valence-electron chi connectivity index (χ4n) is 2.03. The van der Waals surface area contributed by atoms with Crippen LogP contribution in [0.3, 0.4) is 0 Å². The zero-order chi connectivity index (χ0) is 20.2. The summed E-state index contributed by atoms with van der Waals surface area (Å²) in [5, 5.41) is 2.76. The van der Waals surface area contributed by atoms with Crippen molar-refractivity contribution in [1.82, 2.24) is 0 Å². The minimum atomic E-state index is -4.65. The number of hydrogen-bond acceptors (Lipinski definition) is 3. The van der Waals surface area contributed by atoms with Crippen LogP contribution in [0.4, 0.5) is 24.5 Å². The molecule has 0 fully saturated rings. The van der Waals surface area contributed by atoms with Crippen LogP contribution in [0.25, 0.3) is 6.08 Å². The number of carbonyl (C=O) groups is 1.